The van der Waals surface area contributed by atoms with Gasteiger partial charge in [0.2, 0.25) is 0 Å². The van der Waals surface area contributed by atoms with E-state index in [9.17, 15) is 9.59 Å². The molecule has 0 spiro atoms. The van der Waals surface area contributed by atoms with Crippen LogP contribution in [0.3, 0.4) is 0 Å². The molecule has 130 valence electrons. The molecular weight excluding hydrogens is 322 g/mol. The van der Waals surface area contributed by atoms with Gasteiger partial charge in [-0.2, -0.15) is 11.8 Å². The molecule has 1 N–H and O–H groups in total. The highest BCUT2D eigenvalue weighted by Crippen LogP contribution is 2.32. The number of nitrogens with zero attached hydrogens (tertiary/aromatic N) is 2. The molecule has 2 bridgehead atoms. The molecule has 1 amide bonds. The van der Waals surface area contributed by atoms with Crippen LogP contribution in [0.25, 0.3) is 0 Å². The molecule has 4 heterocycles. The largest absolute Gasteiger partial charge is 0.338 e. The minimum atomic E-state index is -0.110. The van der Waals surface area contributed by atoms with Crippen LogP contribution in [0.5, 0.6) is 0 Å². The van der Waals surface area contributed by atoms with E-state index in [1.165, 1.54) is 0 Å². The standard InChI is InChI=1S/C18H25N3O2S/c1-20(14-4-6-24-7-5-14)17(22)15-2-3-16-13-8-12(9-19-10-13)11-21(16)18(15)23/h2-3,12-14,19H,4-11H2,1H3/t12-,13+/m0/s1. The number of carbonyl (C=O) groups excluding carboxylic acids is 1. The molecule has 0 radical (unpaired) electrons. The SMILES string of the molecule is CN(C(=O)c1ccc2n(c1=O)C[C@@H]1CNC[C@H]2C1)C1CCSCC1. The van der Waals surface area contributed by atoms with Gasteiger partial charge in [-0.1, -0.05) is 0 Å². The summed E-state index contributed by atoms with van der Waals surface area (Å²) in [6.07, 6.45) is 3.20. The number of pyridine rings is 1. The number of rotatable bonds is 2. The highest BCUT2D eigenvalue weighted by Gasteiger charge is 2.33. The number of hydrogen-bond acceptors (Lipinski definition) is 4. The Morgan fingerprint density at radius 3 is 2.88 bits per heavy atom. The molecule has 24 heavy (non-hydrogen) atoms. The van der Waals surface area contributed by atoms with Crippen molar-refractivity contribution in [2.45, 2.75) is 37.8 Å². The van der Waals surface area contributed by atoms with E-state index in [4.69, 9.17) is 0 Å². The predicted molar refractivity (Wildman–Crippen MR) is 96.9 cm³/mol. The van der Waals surface area contributed by atoms with Crippen LogP contribution < -0.4 is 10.9 Å². The Hall–Kier alpha value is -1.27. The summed E-state index contributed by atoms with van der Waals surface area (Å²) in [6.45, 7) is 2.64. The molecule has 0 aliphatic carbocycles. The van der Waals surface area contributed by atoms with E-state index in [0.717, 1.165) is 56.1 Å². The van der Waals surface area contributed by atoms with Gasteiger partial charge in [-0.05, 0) is 55.4 Å². The third kappa shape index (κ3) is 2.80. The molecule has 1 aromatic rings. The molecule has 2 saturated heterocycles. The van der Waals surface area contributed by atoms with E-state index in [-0.39, 0.29) is 17.5 Å². The Bertz CT molecular complexity index is 696. The second-order valence-corrected chi connectivity index (χ2v) is 8.53. The molecule has 2 atom stereocenters. The smallest absolute Gasteiger partial charge is 0.263 e. The third-order valence-corrected chi connectivity index (χ3v) is 6.85. The van der Waals surface area contributed by atoms with Crippen molar-refractivity contribution in [2.24, 2.45) is 5.92 Å². The number of aromatic nitrogens is 1. The molecule has 0 aromatic carbocycles. The van der Waals surface area contributed by atoms with Crippen molar-refractivity contribution >= 4 is 17.7 Å². The summed E-state index contributed by atoms with van der Waals surface area (Å²) >= 11 is 1.94. The van der Waals surface area contributed by atoms with Gasteiger partial charge in [0, 0.05) is 37.8 Å². The first-order valence-corrected chi connectivity index (χ1v) is 10.1. The van der Waals surface area contributed by atoms with Crippen LogP contribution in [0.2, 0.25) is 0 Å². The lowest BCUT2D eigenvalue weighted by Gasteiger charge is -2.37. The van der Waals surface area contributed by atoms with E-state index in [2.05, 4.69) is 5.32 Å². The Morgan fingerprint density at radius 2 is 2.08 bits per heavy atom. The van der Waals surface area contributed by atoms with Gasteiger partial charge in [0.1, 0.15) is 5.56 Å². The number of piperidine rings is 1. The Morgan fingerprint density at radius 1 is 1.29 bits per heavy atom. The van der Waals surface area contributed by atoms with Crippen molar-refractivity contribution in [1.82, 2.24) is 14.8 Å². The van der Waals surface area contributed by atoms with Crippen molar-refractivity contribution in [1.29, 1.82) is 0 Å². The first kappa shape index (κ1) is 16.2. The van der Waals surface area contributed by atoms with Crippen LogP contribution in [0.15, 0.2) is 16.9 Å². The maximum atomic E-state index is 13.0. The van der Waals surface area contributed by atoms with E-state index in [1.807, 2.05) is 29.4 Å². The molecule has 6 heteroatoms. The Labute approximate surface area is 146 Å². The fraction of sp³-hybridized carbons (Fsp3) is 0.667. The van der Waals surface area contributed by atoms with Gasteiger partial charge in [-0.25, -0.2) is 0 Å². The Balaban J connectivity index is 1.63. The van der Waals surface area contributed by atoms with Crippen molar-refractivity contribution in [3.05, 3.63) is 33.7 Å². The summed E-state index contributed by atoms with van der Waals surface area (Å²) in [5.74, 6) is 3.00. The quantitative estimate of drug-likeness (QED) is 0.881. The van der Waals surface area contributed by atoms with Gasteiger partial charge in [0.25, 0.3) is 11.5 Å². The summed E-state index contributed by atoms with van der Waals surface area (Å²) in [6, 6.07) is 4.04. The first-order valence-electron chi connectivity index (χ1n) is 8.94. The average molecular weight is 347 g/mol. The van der Waals surface area contributed by atoms with Gasteiger partial charge in [0.15, 0.2) is 0 Å². The van der Waals surface area contributed by atoms with Crippen LogP contribution in [-0.2, 0) is 6.54 Å². The first-order chi connectivity index (χ1) is 11.6. The number of hydrogen-bond donors (Lipinski definition) is 1. The van der Waals surface area contributed by atoms with E-state index < -0.39 is 0 Å². The van der Waals surface area contributed by atoms with Crippen LogP contribution >= 0.6 is 11.8 Å². The highest BCUT2D eigenvalue weighted by atomic mass is 32.2. The molecule has 5 nitrogen and oxygen atoms in total. The van der Waals surface area contributed by atoms with Gasteiger partial charge in [-0.3, -0.25) is 9.59 Å². The summed E-state index contributed by atoms with van der Waals surface area (Å²) < 4.78 is 1.87. The number of thioether (sulfide) groups is 1. The fourth-order valence-corrected chi connectivity index (χ4v) is 5.46. The van der Waals surface area contributed by atoms with Crippen molar-refractivity contribution in [3.63, 3.8) is 0 Å². The molecule has 1 aromatic heterocycles. The number of carbonyl (C=O) groups is 1. The van der Waals surface area contributed by atoms with Crippen molar-refractivity contribution in [3.8, 4) is 0 Å². The van der Waals surface area contributed by atoms with Gasteiger partial charge in [-0.15, -0.1) is 0 Å². The predicted octanol–water partition coefficient (Wildman–Crippen LogP) is 1.52. The number of nitrogens with one attached hydrogen (secondary N) is 1. The lowest BCUT2D eigenvalue weighted by atomic mass is 9.84. The van der Waals surface area contributed by atoms with E-state index in [1.54, 1.807) is 11.0 Å². The van der Waals surface area contributed by atoms with E-state index >= 15 is 0 Å². The van der Waals surface area contributed by atoms with Crippen LogP contribution in [0.4, 0.5) is 0 Å². The normalized spacial score (nSPS) is 26.7. The summed E-state index contributed by atoms with van der Waals surface area (Å²) in [7, 11) is 1.85. The third-order valence-electron chi connectivity index (χ3n) is 5.80. The highest BCUT2D eigenvalue weighted by molar-refractivity contribution is 7.99. The number of amides is 1. The lowest BCUT2D eigenvalue weighted by molar-refractivity contribution is 0.0720. The minimum Gasteiger partial charge on any atom is -0.338 e. The molecule has 2 fully saturated rings. The zero-order valence-electron chi connectivity index (χ0n) is 14.2. The Kier molecular flexibility index (Phi) is 4.43. The maximum absolute atomic E-state index is 13.0. The van der Waals surface area contributed by atoms with Crippen LogP contribution in [0.1, 0.15) is 41.2 Å². The van der Waals surface area contributed by atoms with Crippen molar-refractivity contribution in [2.75, 3.05) is 31.6 Å². The van der Waals surface area contributed by atoms with E-state index in [0.29, 0.717) is 17.4 Å². The zero-order chi connectivity index (χ0) is 16.7. The monoisotopic (exact) mass is 347 g/mol. The molecule has 0 unspecified atom stereocenters. The number of fused-ring (bicyclic) bond motifs is 4. The second kappa shape index (κ2) is 6.56. The van der Waals surface area contributed by atoms with Crippen molar-refractivity contribution < 1.29 is 4.79 Å². The van der Waals surface area contributed by atoms with Crippen LogP contribution in [0, 0.1) is 5.92 Å². The zero-order valence-corrected chi connectivity index (χ0v) is 15.0. The van der Waals surface area contributed by atoms with Gasteiger partial charge >= 0.3 is 0 Å². The summed E-state index contributed by atoms with van der Waals surface area (Å²) in [4.78, 5) is 27.7. The molecule has 3 aliphatic heterocycles. The summed E-state index contributed by atoms with van der Waals surface area (Å²) in [5, 5.41) is 3.45. The molecule has 4 rings (SSSR count). The molecule has 3 aliphatic rings. The minimum absolute atomic E-state index is 0.0915. The fourth-order valence-electron chi connectivity index (χ4n) is 4.38. The van der Waals surface area contributed by atoms with Crippen LogP contribution in [-0.4, -0.2) is 53.1 Å². The maximum Gasteiger partial charge on any atom is 0.263 e. The lowest BCUT2D eigenvalue weighted by Crippen LogP contribution is -2.47. The van der Waals surface area contributed by atoms with Gasteiger partial charge in [0.05, 0.1) is 0 Å². The topological polar surface area (TPSA) is 54.3 Å². The molecule has 0 saturated carbocycles. The second-order valence-electron chi connectivity index (χ2n) is 7.30. The average Bonchev–Trinajstić information content (AvgIpc) is 2.62. The van der Waals surface area contributed by atoms with Gasteiger partial charge < -0.3 is 14.8 Å². The summed E-state index contributed by atoms with van der Waals surface area (Å²) in [5.41, 5.74) is 1.34. The molecular formula is C18H25N3O2S.